The molecule has 0 aliphatic heterocycles. The molecule has 0 fully saturated rings. The summed E-state index contributed by atoms with van der Waals surface area (Å²) in [6.07, 6.45) is 3.30. The molecule has 19 heavy (non-hydrogen) atoms. The van der Waals surface area contributed by atoms with Gasteiger partial charge in [0.2, 0.25) is 5.91 Å². The van der Waals surface area contributed by atoms with E-state index in [1.165, 1.54) is 0 Å². The van der Waals surface area contributed by atoms with Gasteiger partial charge in [0.25, 0.3) is 0 Å². The molecular formula is C14H22Cl2N2O. The van der Waals surface area contributed by atoms with Gasteiger partial charge in [0.15, 0.2) is 0 Å². The molecule has 5 heteroatoms. The Morgan fingerprint density at radius 1 is 1.26 bits per heavy atom. The minimum Gasteiger partial charge on any atom is -0.337 e. The summed E-state index contributed by atoms with van der Waals surface area (Å²) < 4.78 is 0. The van der Waals surface area contributed by atoms with Crippen LogP contribution in [0.3, 0.4) is 0 Å². The molecule has 0 aliphatic carbocycles. The first-order valence-corrected chi connectivity index (χ1v) is 6.77. The van der Waals surface area contributed by atoms with Gasteiger partial charge in [-0.2, -0.15) is 0 Å². The van der Waals surface area contributed by atoms with Crippen molar-refractivity contribution in [3.8, 4) is 0 Å². The molecule has 3 nitrogen and oxygen atoms in total. The molecule has 2 N–H and O–H groups in total. The van der Waals surface area contributed by atoms with Gasteiger partial charge in [-0.3, -0.25) is 4.79 Å². The molecule has 0 radical (unpaired) electrons. The normalized spacial score (nSPS) is 9.84. The minimum absolute atomic E-state index is 0. The Bertz CT molecular complexity index is 368. The number of hydrogen-bond donors (Lipinski definition) is 1. The highest BCUT2D eigenvalue weighted by atomic mass is 35.5. The molecule has 0 heterocycles. The van der Waals surface area contributed by atoms with E-state index >= 15 is 0 Å². The van der Waals surface area contributed by atoms with Crippen molar-refractivity contribution in [3.05, 3.63) is 34.9 Å². The predicted molar refractivity (Wildman–Crippen MR) is 82.7 cm³/mol. The SMILES string of the molecule is CCCCCN(Cc1ccc(Cl)cc1)C(=O)CN.Cl. The first-order chi connectivity index (χ1) is 8.67. The smallest absolute Gasteiger partial charge is 0.236 e. The second-order valence-corrected chi connectivity index (χ2v) is 4.79. The van der Waals surface area contributed by atoms with Gasteiger partial charge in [0.05, 0.1) is 6.54 Å². The Balaban J connectivity index is 0.00000324. The van der Waals surface area contributed by atoms with Gasteiger partial charge in [0.1, 0.15) is 0 Å². The lowest BCUT2D eigenvalue weighted by molar-refractivity contribution is -0.130. The van der Waals surface area contributed by atoms with Crippen molar-refractivity contribution in [2.24, 2.45) is 5.73 Å². The number of carbonyl (C=O) groups excluding carboxylic acids is 1. The number of benzene rings is 1. The number of rotatable bonds is 7. The number of nitrogens with two attached hydrogens (primary N) is 1. The lowest BCUT2D eigenvalue weighted by Gasteiger charge is -2.22. The number of amides is 1. The average Bonchev–Trinajstić information content (AvgIpc) is 2.39. The van der Waals surface area contributed by atoms with E-state index in [2.05, 4.69) is 6.92 Å². The molecule has 1 aromatic carbocycles. The van der Waals surface area contributed by atoms with Crippen molar-refractivity contribution >= 4 is 29.9 Å². The van der Waals surface area contributed by atoms with Crippen LogP contribution >= 0.6 is 24.0 Å². The van der Waals surface area contributed by atoms with Crippen LogP contribution in [0, 0.1) is 0 Å². The standard InChI is InChI=1S/C14H21ClN2O.ClH/c1-2-3-4-9-17(14(18)10-16)11-12-5-7-13(15)8-6-12;/h5-8H,2-4,9-11,16H2,1H3;1H. The monoisotopic (exact) mass is 304 g/mol. The Hall–Kier alpha value is -0.770. The average molecular weight is 305 g/mol. The quantitative estimate of drug-likeness (QED) is 0.786. The zero-order valence-corrected chi connectivity index (χ0v) is 12.8. The van der Waals surface area contributed by atoms with E-state index < -0.39 is 0 Å². The third-order valence-electron chi connectivity index (χ3n) is 2.85. The maximum atomic E-state index is 11.8. The van der Waals surface area contributed by atoms with Crippen LogP contribution in [0.5, 0.6) is 0 Å². The van der Waals surface area contributed by atoms with Gasteiger partial charge < -0.3 is 10.6 Å². The summed E-state index contributed by atoms with van der Waals surface area (Å²) in [5.41, 5.74) is 6.52. The van der Waals surface area contributed by atoms with Crippen molar-refractivity contribution in [1.82, 2.24) is 4.90 Å². The Morgan fingerprint density at radius 3 is 2.42 bits per heavy atom. The van der Waals surface area contributed by atoms with Crippen molar-refractivity contribution < 1.29 is 4.79 Å². The Kier molecular flexibility index (Phi) is 9.66. The van der Waals surface area contributed by atoms with Crippen LogP contribution in [0.1, 0.15) is 31.7 Å². The predicted octanol–water partition coefficient (Wildman–Crippen LogP) is 3.24. The van der Waals surface area contributed by atoms with E-state index in [1.807, 2.05) is 29.2 Å². The highest BCUT2D eigenvalue weighted by Crippen LogP contribution is 2.12. The maximum absolute atomic E-state index is 11.8. The van der Waals surface area contributed by atoms with Crippen LogP contribution in [0.4, 0.5) is 0 Å². The summed E-state index contributed by atoms with van der Waals surface area (Å²) in [4.78, 5) is 13.6. The number of carbonyl (C=O) groups is 1. The molecule has 0 atom stereocenters. The fourth-order valence-corrected chi connectivity index (χ4v) is 1.91. The Labute approximate surface area is 126 Å². The number of hydrogen-bond acceptors (Lipinski definition) is 2. The zero-order chi connectivity index (χ0) is 13.4. The van der Waals surface area contributed by atoms with E-state index in [0.717, 1.165) is 31.4 Å². The fraction of sp³-hybridized carbons (Fsp3) is 0.500. The van der Waals surface area contributed by atoms with Gasteiger partial charge in [-0.15, -0.1) is 12.4 Å². The van der Waals surface area contributed by atoms with Crippen molar-refractivity contribution in [3.63, 3.8) is 0 Å². The molecule has 0 bridgehead atoms. The van der Waals surface area contributed by atoms with Crippen LogP contribution < -0.4 is 5.73 Å². The molecular weight excluding hydrogens is 283 g/mol. The second-order valence-electron chi connectivity index (χ2n) is 4.35. The minimum atomic E-state index is 0. The molecule has 0 saturated carbocycles. The van der Waals surface area contributed by atoms with Crippen LogP contribution in [0.2, 0.25) is 5.02 Å². The van der Waals surface area contributed by atoms with Gasteiger partial charge >= 0.3 is 0 Å². The zero-order valence-electron chi connectivity index (χ0n) is 11.3. The summed E-state index contributed by atoms with van der Waals surface area (Å²) in [5, 5.41) is 0.710. The van der Waals surface area contributed by atoms with E-state index in [0.29, 0.717) is 11.6 Å². The maximum Gasteiger partial charge on any atom is 0.236 e. The van der Waals surface area contributed by atoms with Crippen LogP contribution in [-0.4, -0.2) is 23.9 Å². The topological polar surface area (TPSA) is 46.3 Å². The van der Waals surface area contributed by atoms with Gasteiger partial charge in [-0.05, 0) is 24.1 Å². The van der Waals surface area contributed by atoms with E-state index in [-0.39, 0.29) is 24.9 Å². The van der Waals surface area contributed by atoms with E-state index in [4.69, 9.17) is 17.3 Å². The summed E-state index contributed by atoms with van der Waals surface area (Å²) in [5.74, 6) is 0.000975. The van der Waals surface area contributed by atoms with Crippen molar-refractivity contribution in [2.45, 2.75) is 32.7 Å². The molecule has 1 rings (SSSR count). The molecule has 0 unspecified atom stereocenters. The lowest BCUT2D eigenvalue weighted by Crippen LogP contribution is -2.36. The third kappa shape index (κ3) is 6.81. The van der Waals surface area contributed by atoms with Crippen LogP contribution in [0.15, 0.2) is 24.3 Å². The van der Waals surface area contributed by atoms with Crippen molar-refractivity contribution in [1.29, 1.82) is 0 Å². The third-order valence-corrected chi connectivity index (χ3v) is 3.10. The van der Waals surface area contributed by atoms with Crippen LogP contribution in [0.25, 0.3) is 0 Å². The fourth-order valence-electron chi connectivity index (χ4n) is 1.78. The molecule has 1 aromatic rings. The molecule has 0 aromatic heterocycles. The van der Waals surface area contributed by atoms with E-state index in [9.17, 15) is 4.79 Å². The summed E-state index contributed by atoms with van der Waals surface area (Å²) in [7, 11) is 0. The van der Waals surface area contributed by atoms with Gasteiger partial charge in [-0.1, -0.05) is 43.5 Å². The summed E-state index contributed by atoms with van der Waals surface area (Å²) in [6, 6.07) is 7.57. The first kappa shape index (κ1) is 18.2. The van der Waals surface area contributed by atoms with Crippen molar-refractivity contribution in [2.75, 3.05) is 13.1 Å². The summed E-state index contributed by atoms with van der Waals surface area (Å²) >= 11 is 5.84. The molecule has 0 aliphatic rings. The van der Waals surface area contributed by atoms with E-state index in [1.54, 1.807) is 0 Å². The molecule has 1 amide bonds. The highest BCUT2D eigenvalue weighted by molar-refractivity contribution is 6.30. The van der Waals surface area contributed by atoms with Gasteiger partial charge in [0, 0.05) is 18.1 Å². The first-order valence-electron chi connectivity index (χ1n) is 6.39. The molecule has 0 spiro atoms. The number of unbranched alkanes of at least 4 members (excludes halogenated alkanes) is 2. The number of nitrogens with zero attached hydrogens (tertiary/aromatic N) is 1. The summed E-state index contributed by atoms with van der Waals surface area (Å²) in [6.45, 7) is 3.59. The lowest BCUT2D eigenvalue weighted by atomic mass is 10.2. The largest absolute Gasteiger partial charge is 0.337 e. The van der Waals surface area contributed by atoms with Gasteiger partial charge in [-0.25, -0.2) is 0 Å². The Morgan fingerprint density at radius 2 is 1.89 bits per heavy atom. The number of halogens is 2. The molecule has 108 valence electrons. The van der Waals surface area contributed by atoms with Crippen LogP contribution in [-0.2, 0) is 11.3 Å². The second kappa shape index (κ2) is 10.1. The molecule has 0 saturated heterocycles. The highest BCUT2D eigenvalue weighted by Gasteiger charge is 2.11.